The standard InChI is InChI=1S/C21H23F2N7O5/c22-21(23)5-15(21)27-19(33)13-1-2-14-18(26-13)30(11-3-4-29(14)8-11)20(34)28-16-6-25-17(7-24-16)35-10-12(32)9-31/h1-2,6-7,11-12,15,31-32H,3-5,8-10H2,(H,27,33)(H,24,28,34)/t11-,12?,15?/m0/s1. The van der Waals surface area contributed by atoms with Crippen molar-refractivity contribution in [2.45, 2.75) is 37.0 Å². The number of aliphatic hydroxyl groups is 2. The lowest BCUT2D eigenvalue weighted by molar-refractivity contribution is 0.0520. The molecule has 3 aliphatic rings. The molecule has 3 amide bonds. The average Bonchev–Trinajstić information content (AvgIpc) is 3.23. The van der Waals surface area contributed by atoms with Gasteiger partial charge in [0, 0.05) is 19.5 Å². The summed E-state index contributed by atoms with van der Waals surface area (Å²) in [6.07, 6.45) is 1.76. The highest BCUT2D eigenvalue weighted by molar-refractivity contribution is 6.05. The van der Waals surface area contributed by atoms with Gasteiger partial charge in [-0.05, 0) is 18.6 Å². The van der Waals surface area contributed by atoms with E-state index in [1.807, 2.05) is 0 Å². The van der Waals surface area contributed by atoms with Crippen molar-refractivity contribution >= 4 is 29.3 Å². The summed E-state index contributed by atoms with van der Waals surface area (Å²) in [6.45, 7) is 0.670. The van der Waals surface area contributed by atoms with Gasteiger partial charge in [-0.25, -0.2) is 28.5 Å². The van der Waals surface area contributed by atoms with Crippen LogP contribution in [0.1, 0.15) is 23.3 Å². The number of halogens is 2. The zero-order valence-electron chi connectivity index (χ0n) is 18.4. The van der Waals surface area contributed by atoms with Crippen molar-refractivity contribution in [3.8, 4) is 5.88 Å². The molecule has 0 spiro atoms. The lowest BCUT2D eigenvalue weighted by Gasteiger charge is -2.35. The molecule has 14 heteroatoms. The van der Waals surface area contributed by atoms with Crippen LogP contribution in [-0.4, -0.2) is 87.5 Å². The third-order valence-electron chi connectivity index (χ3n) is 6.03. The molecule has 2 fully saturated rings. The molecular formula is C21H23F2N7O5. The number of anilines is 3. The maximum atomic E-state index is 13.2. The van der Waals surface area contributed by atoms with Crippen molar-refractivity contribution in [1.82, 2.24) is 20.3 Å². The molecule has 3 atom stereocenters. The summed E-state index contributed by atoms with van der Waals surface area (Å²) < 4.78 is 31.6. The number of aliphatic hydroxyl groups excluding tert-OH is 2. The number of fused-ring (bicyclic) bond motifs is 4. The lowest BCUT2D eigenvalue weighted by Crippen LogP contribution is -2.48. The Labute approximate surface area is 197 Å². The van der Waals surface area contributed by atoms with Gasteiger partial charge in [0.15, 0.2) is 11.6 Å². The Morgan fingerprint density at radius 2 is 2.09 bits per heavy atom. The molecule has 35 heavy (non-hydrogen) atoms. The third-order valence-corrected chi connectivity index (χ3v) is 6.03. The first-order chi connectivity index (χ1) is 16.7. The minimum Gasteiger partial charge on any atom is -0.474 e. The number of hydrogen-bond acceptors (Lipinski definition) is 9. The Morgan fingerprint density at radius 3 is 2.77 bits per heavy atom. The summed E-state index contributed by atoms with van der Waals surface area (Å²) in [5.41, 5.74) is 0.609. The smallest absolute Gasteiger partial charge is 0.329 e. The van der Waals surface area contributed by atoms with Gasteiger partial charge >= 0.3 is 6.03 Å². The largest absolute Gasteiger partial charge is 0.474 e. The summed E-state index contributed by atoms with van der Waals surface area (Å²) >= 11 is 0. The van der Waals surface area contributed by atoms with Crippen LogP contribution in [0, 0.1) is 0 Å². The molecule has 0 aromatic carbocycles. The number of rotatable bonds is 7. The zero-order chi connectivity index (χ0) is 24.7. The highest BCUT2D eigenvalue weighted by atomic mass is 19.3. The average molecular weight is 491 g/mol. The van der Waals surface area contributed by atoms with Gasteiger partial charge in [-0.15, -0.1) is 0 Å². The highest BCUT2D eigenvalue weighted by Crippen LogP contribution is 2.42. The van der Waals surface area contributed by atoms with Crippen LogP contribution < -0.4 is 25.2 Å². The van der Waals surface area contributed by atoms with Crippen molar-refractivity contribution in [1.29, 1.82) is 0 Å². The molecule has 2 aromatic rings. The molecular weight excluding hydrogens is 468 g/mol. The monoisotopic (exact) mass is 491 g/mol. The van der Waals surface area contributed by atoms with Crippen molar-refractivity contribution in [2.75, 3.05) is 41.4 Å². The first-order valence-electron chi connectivity index (χ1n) is 11.0. The van der Waals surface area contributed by atoms with Gasteiger partial charge in [0.1, 0.15) is 18.4 Å². The highest BCUT2D eigenvalue weighted by Gasteiger charge is 2.58. The van der Waals surface area contributed by atoms with E-state index in [0.717, 1.165) is 0 Å². The lowest BCUT2D eigenvalue weighted by atomic mass is 10.1. The third kappa shape index (κ3) is 4.66. The van der Waals surface area contributed by atoms with E-state index in [1.54, 1.807) is 6.07 Å². The number of hydrogen-bond donors (Lipinski definition) is 4. The van der Waals surface area contributed by atoms with Crippen LogP contribution >= 0.6 is 0 Å². The fraction of sp³-hybridized carbons (Fsp3) is 0.476. The SMILES string of the molecule is O=C(NC1CC1(F)F)c1ccc2c(n1)N(C(=O)Nc1cnc(OCC(O)CO)cn1)[C@H]1CCN2C1. The van der Waals surface area contributed by atoms with Crippen LogP contribution in [0.15, 0.2) is 24.5 Å². The second kappa shape index (κ2) is 8.85. The van der Waals surface area contributed by atoms with Crippen molar-refractivity contribution in [3.63, 3.8) is 0 Å². The second-order valence-corrected chi connectivity index (χ2v) is 8.61. The molecule has 186 valence electrons. The number of pyridine rings is 1. The predicted octanol–water partition coefficient (Wildman–Crippen LogP) is 0.372. The molecule has 0 radical (unpaired) electrons. The number of carbonyl (C=O) groups excluding carboxylic acids is 2. The molecule has 5 rings (SSSR count). The molecule has 2 bridgehead atoms. The normalized spacial score (nSPS) is 22.3. The minimum absolute atomic E-state index is 0.0573. The van der Waals surface area contributed by atoms with Crippen LogP contribution in [0.4, 0.5) is 30.9 Å². The number of urea groups is 1. The number of alkyl halides is 2. The number of ether oxygens (including phenoxy) is 1. The molecule has 2 aromatic heterocycles. The maximum absolute atomic E-state index is 13.2. The number of aromatic nitrogens is 3. The second-order valence-electron chi connectivity index (χ2n) is 8.61. The van der Waals surface area contributed by atoms with E-state index in [1.165, 1.54) is 23.4 Å². The number of nitrogens with one attached hydrogen (secondary N) is 2. The maximum Gasteiger partial charge on any atom is 0.329 e. The summed E-state index contributed by atoms with van der Waals surface area (Å²) in [5, 5.41) is 23.1. The Morgan fingerprint density at radius 1 is 1.29 bits per heavy atom. The summed E-state index contributed by atoms with van der Waals surface area (Å²) in [4.78, 5) is 41.6. The number of carbonyl (C=O) groups is 2. The van der Waals surface area contributed by atoms with Gasteiger partial charge in [-0.1, -0.05) is 0 Å². The summed E-state index contributed by atoms with van der Waals surface area (Å²) in [5.74, 6) is -3.13. The van der Waals surface area contributed by atoms with E-state index in [0.29, 0.717) is 25.2 Å². The molecule has 2 aliphatic heterocycles. The number of amides is 3. The molecule has 4 heterocycles. The Kier molecular flexibility index (Phi) is 5.84. The van der Waals surface area contributed by atoms with E-state index in [4.69, 9.17) is 9.84 Å². The Hall–Kier alpha value is -3.65. The van der Waals surface area contributed by atoms with Gasteiger partial charge < -0.3 is 25.2 Å². The van der Waals surface area contributed by atoms with Crippen LogP contribution in [0.5, 0.6) is 5.88 Å². The van der Waals surface area contributed by atoms with Gasteiger partial charge in [0.2, 0.25) is 5.88 Å². The Balaban J connectivity index is 1.32. The van der Waals surface area contributed by atoms with Crippen LogP contribution in [-0.2, 0) is 0 Å². The Bertz CT molecular complexity index is 1140. The minimum atomic E-state index is -2.90. The van der Waals surface area contributed by atoms with Crippen molar-refractivity contribution in [2.24, 2.45) is 0 Å². The topological polar surface area (TPSA) is 153 Å². The summed E-state index contributed by atoms with van der Waals surface area (Å²) in [7, 11) is 0. The molecule has 1 aliphatic carbocycles. The van der Waals surface area contributed by atoms with E-state index in [2.05, 4.69) is 30.5 Å². The number of nitrogens with zero attached hydrogens (tertiary/aromatic N) is 5. The van der Waals surface area contributed by atoms with Crippen LogP contribution in [0.3, 0.4) is 0 Å². The van der Waals surface area contributed by atoms with Crippen molar-refractivity contribution < 1.29 is 33.3 Å². The predicted molar refractivity (Wildman–Crippen MR) is 118 cm³/mol. The first-order valence-corrected chi connectivity index (χ1v) is 11.0. The van der Waals surface area contributed by atoms with E-state index >= 15 is 0 Å². The van der Waals surface area contributed by atoms with Gasteiger partial charge in [-0.3, -0.25) is 15.0 Å². The molecule has 12 nitrogen and oxygen atoms in total. The first kappa shape index (κ1) is 23.1. The molecule has 4 N–H and O–H groups in total. The molecule has 1 saturated heterocycles. The quantitative estimate of drug-likeness (QED) is 0.430. The fourth-order valence-electron chi connectivity index (χ4n) is 4.06. The van der Waals surface area contributed by atoms with E-state index in [9.17, 15) is 23.5 Å². The van der Waals surface area contributed by atoms with E-state index < -0.39 is 43.0 Å². The van der Waals surface area contributed by atoms with Gasteiger partial charge in [-0.2, -0.15) is 0 Å². The molecule has 2 unspecified atom stereocenters. The van der Waals surface area contributed by atoms with Crippen LogP contribution in [0.2, 0.25) is 0 Å². The van der Waals surface area contributed by atoms with Gasteiger partial charge in [0.25, 0.3) is 11.8 Å². The molecule has 1 saturated carbocycles. The van der Waals surface area contributed by atoms with Crippen molar-refractivity contribution in [3.05, 3.63) is 30.2 Å². The van der Waals surface area contributed by atoms with E-state index in [-0.39, 0.29) is 35.9 Å². The zero-order valence-corrected chi connectivity index (χ0v) is 18.4. The van der Waals surface area contributed by atoms with Gasteiger partial charge in [0.05, 0.1) is 36.8 Å². The fourth-order valence-corrected chi connectivity index (χ4v) is 4.06. The summed E-state index contributed by atoms with van der Waals surface area (Å²) in [6, 6.07) is 1.19. The van der Waals surface area contributed by atoms with Crippen LogP contribution in [0.25, 0.3) is 0 Å².